The number of piperazine rings is 1. The smallest absolute Gasteiger partial charge is 0.0266 e. The van der Waals surface area contributed by atoms with E-state index >= 15 is 0 Å². The van der Waals surface area contributed by atoms with Crippen molar-refractivity contribution < 1.29 is 0 Å². The van der Waals surface area contributed by atoms with E-state index in [-0.39, 0.29) is 7.92 Å². The molecule has 1 fully saturated rings. The summed E-state index contributed by atoms with van der Waals surface area (Å²) >= 11 is 0. The third-order valence-electron chi connectivity index (χ3n) is 4.39. The third kappa shape index (κ3) is 3.95. The van der Waals surface area contributed by atoms with Gasteiger partial charge in [-0.1, -0.05) is 67.6 Å². The predicted molar refractivity (Wildman–Crippen MR) is 97.6 cm³/mol. The second kappa shape index (κ2) is 7.87. The Morgan fingerprint density at radius 1 is 0.727 bits per heavy atom. The largest absolute Gasteiger partial charge is 0.301 e. The highest BCUT2D eigenvalue weighted by Crippen LogP contribution is 2.34. The van der Waals surface area contributed by atoms with Crippen molar-refractivity contribution in [2.45, 2.75) is 6.92 Å². The first-order valence-corrected chi connectivity index (χ1v) is 9.72. The van der Waals surface area contributed by atoms with E-state index in [0.717, 1.165) is 0 Å². The van der Waals surface area contributed by atoms with Crippen molar-refractivity contribution in [3.05, 3.63) is 60.7 Å². The van der Waals surface area contributed by atoms with Gasteiger partial charge in [-0.2, -0.15) is 0 Å². The summed E-state index contributed by atoms with van der Waals surface area (Å²) in [6.45, 7) is 8.27. The van der Waals surface area contributed by atoms with Gasteiger partial charge in [0.15, 0.2) is 0 Å². The molecule has 2 aromatic rings. The molecule has 2 nitrogen and oxygen atoms in total. The molecule has 1 aliphatic heterocycles. The van der Waals surface area contributed by atoms with Crippen molar-refractivity contribution in [2.75, 3.05) is 39.0 Å². The van der Waals surface area contributed by atoms with Crippen molar-refractivity contribution >= 4 is 18.5 Å². The van der Waals surface area contributed by atoms with Gasteiger partial charge in [-0.05, 0) is 25.1 Å². The van der Waals surface area contributed by atoms with E-state index in [1.807, 2.05) is 0 Å². The molecule has 0 aliphatic carbocycles. The van der Waals surface area contributed by atoms with E-state index in [1.165, 1.54) is 49.6 Å². The van der Waals surface area contributed by atoms with Crippen LogP contribution in [0.2, 0.25) is 0 Å². The number of hydrogen-bond donors (Lipinski definition) is 0. The quantitative estimate of drug-likeness (QED) is 0.783. The van der Waals surface area contributed by atoms with Crippen LogP contribution < -0.4 is 10.6 Å². The van der Waals surface area contributed by atoms with Crippen molar-refractivity contribution in [3.63, 3.8) is 0 Å². The van der Waals surface area contributed by atoms with Crippen LogP contribution in [0.25, 0.3) is 0 Å². The Hall–Kier alpha value is -1.21. The monoisotopic (exact) mass is 312 g/mol. The first-order chi connectivity index (χ1) is 10.9. The predicted octanol–water partition coefficient (Wildman–Crippen LogP) is 2.71. The lowest BCUT2D eigenvalue weighted by molar-refractivity contribution is 0.154. The van der Waals surface area contributed by atoms with Gasteiger partial charge < -0.3 is 4.90 Å². The SMILES string of the molecule is CCN1CCN(CP(c2ccccc2)c2ccccc2)CC1. The first kappa shape index (κ1) is 15.7. The van der Waals surface area contributed by atoms with Gasteiger partial charge in [-0.3, -0.25) is 4.90 Å². The van der Waals surface area contributed by atoms with Gasteiger partial charge in [-0.25, -0.2) is 0 Å². The highest BCUT2D eigenvalue weighted by atomic mass is 31.1. The fourth-order valence-electron chi connectivity index (χ4n) is 2.98. The minimum absolute atomic E-state index is 0.285. The van der Waals surface area contributed by atoms with Crippen LogP contribution in [0.1, 0.15) is 6.92 Å². The van der Waals surface area contributed by atoms with Crippen LogP contribution in [-0.2, 0) is 0 Å². The van der Waals surface area contributed by atoms with Crippen LogP contribution in [0.5, 0.6) is 0 Å². The molecule has 0 spiro atoms. The standard InChI is InChI=1S/C19H25N2P/c1-2-20-13-15-21(16-14-20)17-22(18-9-5-3-6-10-18)19-11-7-4-8-12-19/h3-12H,2,13-17H2,1H3. The van der Waals surface area contributed by atoms with E-state index in [9.17, 15) is 0 Å². The first-order valence-electron chi connectivity index (χ1n) is 8.19. The molecule has 0 N–H and O–H groups in total. The molecule has 116 valence electrons. The van der Waals surface area contributed by atoms with Crippen LogP contribution >= 0.6 is 7.92 Å². The molecule has 0 unspecified atom stereocenters. The molecule has 0 aromatic heterocycles. The van der Waals surface area contributed by atoms with Crippen molar-refractivity contribution in [1.82, 2.24) is 9.80 Å². The lowest BCUT2D eigenvalue weighted by atomic mass is 10.3. The number of likely N-dealkylation sites (N-methyl/N-ethyl adjacent to an activating group) is 1. The molecule has 0 atom stereocenters. The van der Waals surface area contributed by atoms with Gasteiger partial charge in [0, 0.05) is 32.5 Å². The van der Waals surface area contributed by atoms with Crippen LogP contribution in [0.15, 0.2) is 60.7 Å². The summed E-state index contributed by atoms with van der Waals surface area (Å²) in [5.74, 6) is 0. The zero-order chi connectivity index (χ0) is 15.2. The van der Waals surface area contributed by atoms with Crippen LogP contribution in [0.3, 0.4) is 0 Å². The number of benzene rings is 2. The van der Waals surface area contributed by atoms with Gasteiger partial charge in [0.25, 0.3) is 0 Å². The second-order valence-electron chi connectivity index (χ2n) is 5.79. The van der Waals surface area contributed by atoms with Gasteiger partial charge in [-0.15, -0.1) is 0 Å². The lowest BCUT2D eigenvalue weighted by Gasteiger charge is -2.36. The fraction of sp³-hybridized carbons (Fsp3) is 0.368. The van der Waals surface area contributed by atoms with Gasteiger partial charge in [0.2, 0.25) is 0 Å². The van der Waals surface area contributed by atoms with Crippen LogP contribution in [-0.4, -0.2) is 48.8 Å². The van der Waals surface area contributed by atoms with E-state index in [0.29, 0.717) is 0 Å². The summed E-state index contributed by atoms with van der Waals surface area (Å²) in [7, 11) is -0.285. The van der Waals surface area contributed by atoms with Crippen LogP contribution in [0.4, 0.5) is 0 Å². The highest BCUT2D eigenvalue weighted by Gasteiger charge is 2.21. The zero-order valence-corrected chi connectivity index (χ0v) is 14.3. The molecular formula is C19H25N2P. The summed E-state index contributed by atoms with van der Waals surface area (Å²) in [4.78, 5) is 5.20. The van der Waals surface area contributed by atoms with E-state index in [1.54, 1.807) is 0 Å². The molecule has 0 amide bonds. The fourth-order valence-corrected chi connectivity index (χ4v) is 5.35. The second-order valence-corrected chi connectivity index (χ2v) is 7.96. The summed E-state index contributed by atoms with van der Waals surface area (Å²) in [6.07, 6.45) is 1.18. The Morgan fingerprint density at radius 3 is 1.64 bits per heavy atom. The Balaban J connectivity index is 1.75. The Morgan fingerprint density at radius 2 is 1.18 bits per heavy atom. The van der Waals surface area contributed by atoms with Crippen molar-refractivity contribution in [3.8, 4) is 0 Å². The molecule has 3 rings (SSSR count). The van der Waals surface area contributed by atoms with Crippen molar-refractivity contribution in [2.24, 2.45) is 0 Å². The Bertz CT molecular complexity index is 511. The summed E-state index contributed by atoms with van der Waals surface area (Å²) in [5, 5.41) is 2.98. The summed E-state index contributed by atoms with van der Waals surface area (Å²) < 4.78 is 0. The Kier molecular flexibility index (Phi) is 5.61. The lowest BCUT2D eigenvalue weighted by Crippen LogP contribution is -2.46. The van der Waals surface area contributed by atoms with Gasteiger partial charge in [0.1, 0.15) is 0 Å². The number of hydrogen-bond acceptors (Lipinski definition) is 2. The average Bonchev–Trinajstić information content (AvgIpc) is 2.62. The molecule has 3 heteroatoms. The van der Waals surface area contributed by atoms with Crippen LogP contribution in [0, 0.1) is 0 Å². The number of nitrogens with zero attached hydrogens (tertiary/aromatic N) is 2. The minimum atomic E-state index is -0.285. The number of rotatable bonds is 5. The topological polar surface area (TPSA) is 6.48 Å². The summed E-state index contributed by atoms with van der Waals surface area (Å²) in [6, 6.07) is 22.1. The van der Waals surface area contributed by atoms with E-state index in [2.05, 4.69) is 77.4 Å². The normalized spacial score (nSPS) is 17.0. The molecule has 2 aromatic carbocycles. The molecule has 22 heavy (non-hydrogen) atoms. The molecule has 1 saturated heterocycles. The maximum Gasteiger partial charge on any atom is 0.0266 e. The van der Waals surface area contributed by atoms with Crippen molar-refractivity contribution in [1.29, 1.82) is 0 Å². The molecule has 1 aliphatic rings. The van der Waals surface area contributed by atoms with E-state index < -0.39 is 0 Å². The average molecular weight is 312 g/mol. The molecule has 0 bridgehead atoms. The van der Waals surface area contributed by atoms with E-state index in [4.69, 9.17) is 0 Å². The third-order valence-corrected chi connectivity index (χ3v) is 6.92. The van der Waals surface area contributed by atoms with Gasteiger partial charge >= 0.3 is 0 Å². The maximum atomic E-state index is 2.65. The summed E-state index contributed by atoms with van der Waals surface area (Å²) in [5.41, 5.74) is 0. The highest BCUT2D eigenvalue weighted by molar-refractivity contribution is 7.72. The molecule has 0 radical (unpaired) electrons. The molecule has 1 heterocycles. The molecular weight excluding hydrogens is 287 g/mol. The Labute approximate surface area is 135 Å². The van der Waals surface area contributed by atoms with Gasteiger partial charge in [0.05, 0.1) is 0 Å². The minimum Gasteiger partial charge on any atom is -0.301 e. The molecule has 0 saturated carbocycles. The maximum absolute atomic E-state index is 2.65. The zero-order valence-electron chi connectivity index (χ0n) is 13.4.